The Morgan fingerprint density at radius 1 is 1.10 bits per heavy atom. The number of aromatic nitrogens is 1. The van der Waals surface area contributed by atoms with Gasteiger partial charge in [0.2, 0.25) is 0 Å². The van der Waals surface area contributed by atoms with Crippen molar-refractivity contribution in [3.8, 4) is 0 Å². The highest BCUT2D eigenvalue weighted by atomic mass is 32.1. The molecule has 108 valence electrons. The molecule has 2 nitrogen and oxygen atoms in total. The predicted octanol–water partition coefficient (Wildman–Crippen LogP) is 4.85. The highest BCUT2D eigenvalue weighted by Crippen LogP contribution is 2.24. The minimum absolute atomic E-state index is 0.0785. The van der Waals surface area contributed by atoms with E-state index in [2.05, 4.69) is 28.7 Å². The van der Waals surface area contributed by atoms with Crippen LogP contribution in [-0.4, -0.2) is 4.98 Å². The third-order valence-electron chi connectivity index (χ3n) is 3.67. The summed E-state index contributed by atoms with van der Waals surface area (Å²) in [6.45, 7) is 4.15. The van der Waals surface area contributed by atoms with Gasteiger partial charge in [0, 0.05) is 18.3 Å². The Morgan fingerprint density at radius 3 is 2.71 bits per heavy atom. The molecule has 21 heavy (non-hydrogen) atoms. The number of hydrogen-bond donors (Lipinski definition) is 1. The molecule has 0 spiro atoms. The van der Waals surface area contributed by atoms with Crippen molar-refractivity contribution in [1.82, 2.24) is 10.3 Å². The van der Waals surface area contributed by atoms with Gasteiger partial charge in [-0.3, -0.25) is 4.98 Å². The van der Waals surface area contributed by atoms with Crippen molar-refractivity contribution in [2.75, 3.05) is 0 Å². The molecule has 2 heterocycles. The highest BCUT2D eigenvalue weighted by Gasteiger charge is 2.12. The Balaban J connectivity index is 1.77. The lowest BCUT2D eigenvalue weighted by Gasteiger charge is -2.20. The quantitative estimate of drug-likeness (QED) is 0.745. The van der Waals surface area contributed by atoms with E-state index in [9.17, 15) is 4.39 Å². The summed E-state index contributed by atoms with van der Waals surface area (Å²) in [7, 11) is 0. The van der Waals surface area contributed by atoms with Crippen LogP contribution in [0.15, 0.2) is 48.0 Å². The average molecular weight is 300 g/mol. The Kier molecular flexibility index (Phi) is 3.99. The van der Waals surface area contributed by atoms with Crippen molar-refractivity contribution < 1.29 is 4.39 Å². The van der Waals surface area contributed by atoms with Crippen molar-refractivity contribution in [2.24, 2.45) is 0 Å². The lowest BCUT2D eigenvalue weighted by Crippen LogP contribution is -2.22. The summed E-state index contributed by atoms with van der Waals surface area (Å²) in [4.78, 5) is 4.47. The molecule has 0 radical (unpaired) electrons. The van der Waals surface area contributed by atoms with E-state index in [4.69, 9.17) is 0 Å². The molecule has 2 unspecified atom stereocenters. The maximum atomic E-state index is 13.3. The number of rotatable bonds is 4. The molecule has 1 N–H and O–H groups in total. The van der Waals surface area contributed by atoms with Crippen LogP contribution >= 0.6 is 11.3 Å². The number of hydrogen-bond acceptors (Lipinski definition) is 3. The van der Waals surface area contributed by atoms with E-state index >= 15 is 0 Å². The van der Waals surface area contributed by atoms with Gasteiger partial charge in [-0.05, 0) is 54.6 Å². The Bertz CT molecular complexity index is 753. The molecule has 0 amide bonds. The second-order valence-corrected chi connectivity index (χ2v) is 6.19. The van der Waals surface area contributed by atoms with Crippen molar-refractivity contribution >= 4 is 21.6 Å². The SMILES string of the molecule is CC(NC(C)c1cnc2ccsc2c1)c1cccc(F)c1. The van der Waals surface area contributed by atoms with E-state index in [1.54, 1.807) is 23.5 Å². The fourth-order valence-electron chi connectivity index (χ4n) is 2.44. The second-order valence-electron chi connectivity index (χ2n) is 5.24. The van der Waals surface area contributed by atoms with Crippen LogP contribution in [0.4, 0.5) is 4.39 Å². The summed E-state index contributed by atoms with van der Waals surface area (Å²) in [5.74, 6) is -0.199. The van der Waals surface area contributed by atoms with E-state index in [1.807, 2.05) is 25.3 Å². The molecule has 1 aromatic carbocycles. The van der Waals surface area contributed by atoms with Gasteiger partial charge in [-0.1, -0.05) is 12.1 Å². The molecule has 0 saturated carbocycles. The lowest BCUT2D eigenvalue weighted by atomic mass is 10.1. The molecule has 0 aliphatic heterocycles. The van der Waals surface area contributed by atoms with Crippen LogP contribution in [0.25, 0.3) is 10.2 Å². The van der Waals surface area contributed by atoms with Crippen molar-refractivity contribution in [1.29, 1.82) is 0 Å². The number of nitrogens with one attached hydrogen (secondary N) is 1. The molecule has 0 saturated heterocycles. The molecule has 0 aliphatic carbocycles. The summed E-state index contributed by atoms with van der Waals surface area (Å²) in [5.41, 5.74) is 3.13. The zero-order valence-corrected chi connectivity index (χ0v) is 12.8. The fourth-order valence-corrected chi connectivity index (χ4v) is 3.23. The van der Waals surface area contributed by atoms with Gasteiger partial charge < -0.3 is 5.32 Å². The number of pyridine rings is 1. The largest absolute Gasteiger partial charge is 0.304 e. The van der Waals surface area contributed by atoms with Crippen LogP contribution in [0, 0.1) is 5.82 Å². The predicted molar refractivity (Wildman–Crippen MR) is 86.0 cm³/mol. The third kappa shape index (κ3) is 3.12. The topological polar surface area (TPSA) is 24.9 Å². The molecular weight excluding hydrogens is 283 g/mol. The van der Waals surface area contributed by atoms with Gasteiger partial charge in [0.05, 0.1) is 10.2 Å². The summed E-state index contributed by atoms with van der Waals surface area (Å²) in [6, 6.07) is 11.2. The van der Waals surface area contributed by atoms with Crippen LogP contribution in [-0.2, 0) is 0 Å². The monoisotopic (exact) mass is 300 g/mol. The van der Waals surface area contributed by atoms with E-state index in [1.165, 1.54) is 10.8 Å². The maximum absolute atomic E-state index is 13.3. The van der Waals surface area contributed by atoms with Crippen molar-refractivity contribution in [2.45, 2.75) is 25.9 Å². The van der Waals surface area contributed by atoms with Gasteiger partial charge in [0.1, 0.15) is 5.82 Å². The minimum Gasteiger partial charge on any atom is -0.304 e. The zero-order chi connectivity index (χ0) is 14.8. The molecule has 0 fully saturated rings. The van der Waals surface area contributed by atoms with Crippen LogP contribution in [0.3, 0.4) is 0 Å². The fraction of sp³-hybridized carbons (Fsp3) is 0.235. The minimum atomic E-state index is -0.199. The lowest BCUT2D eigenvalue weighted by molar-refractivity contribution is 0.491. The average Bonchev–Trinajstić information content (AvgIpc) is 2.94. The van der Waals surface area contributed by atoms with Crippen molar-refractivity contribution in [3.05, 3.63) is 64.9 Å². The molecule has 0 bridgehead atoms. The standard InChI is InChI=1S/C17H17FN2S/c1-11(13-4-3-5-15(18)8-13)20-12(2)14-9-17-16(19-10-14)6-7-21-17/h3-12,20H,1-2H3. The second kappa shape index (κ2) is 5.92. The van der Waals surface area contributed by atoms with Gasteiger partial charge in [-0.2, -0.15) is 0 Å². The van der Waals surface area contributed by atoms with Crippen LogP contribution in [0.5, 0.6) is 0 Å². The molecular formula is C17H17FN2S. The van der Waals surface area contributed by atoms with Gasteiger partial charge in [0.25, 0.3) is 0 Å². The van der Waals surface area contributed by atoms with Crippen LogP contribution in [0.2, 0.25) is 0 Å². The first kappa shape index (κ1) is 14.2. The summed E-state index contributed by atoms with van der Waals surface area (Å²) < 4.78 is 14.5. The molecule has 3 aromatic rings. The zero-order valence-electron chi connectivity index (χ0n) is 12.0. The number of nitrogens with zero attached hydrogens (tertiary/aromatic N) is 1. The highest BCUT2D eigenvalue weighted by molar-refractivity contribution is 7.17. The maximum Gasteiger partial charge on any atom is 0.123 e. The Labute approximate surface area is 127 Å². The Morgan fingerprint density at radius 2 is 1.90 bits per heavy atom. The first-order valence-electron chi connectivity index (χ1n) is 6.98. The number of thiophene rings is 1. The summed E-state index contributed by atoms with van der Waals surface area (Å²) in [6.07, 6.45) is 1.91. The Hall–Kier alpha value is -1.78. The molecule has 3 rings (SSSR count). The molecule has 2 aromatic heterocycles. The van der Waals surface area contributed by atoms with Gasteiger partial charge >= 0.3 is 0 Å². The van der Waals surface area contributed by atoms with Gasteiger partial charge in [-0.15, -0.1) is 11.3 Å². The normalized spacial score (nSPS) is 14.2. The first-order chi connectivity index (χ1) is 10.1. The summed E-state index contributed by atoms with van der Waals surface area (Å²) >= 11 is 1.70. The van der Waals surface area contributed by atoms with Crippen LogP contribution in [0.1, 0.15) is 37.1 Å². The molecule has 2 atom stereocenters. The molecule has 0 aliphatic rings. The summed E-state index contributed by atoms with van der Waals surface area (Å²) in [5, 5.41) is 5.54. The van der Waals surface area contributed by atoms with Crippen molar-refractivity contribution in [3.63, 3.8) is 0 Å². The van der Waals surface area contributed by atoms with E-state index < -0.39 is 0 Å². The smallest absolute Gasteiger partial charge is 0.123 e. The number of fused-ring (bicyclic) bond motifs is 1. The van der Waals surface area contributed by atoms with Gasteiger partial charge in [-0.25, -0.2) is 4.39 Å². The van der Waals surface area contributed by atoms with Crippen LogP contribution < -0.4 is 5.32 Å². The first-order valence-corrected chi connectivity index (χ1v) is 7.86. The number of halogens is 1. The third-order valence-corrected chi connectivity index (χ3v) is 4.53. The van der Waals surface area contributed by atoms with E-state index in [0.717, 1.165) is 16.6 Å². The number of benzene rings is 1. The van der Waals surface area contributed by atoms with E-state index in [0.29, 0.717) is 0 Å². The van der Waals surface area contributed by atoms with E-state index in [-0.39, 0.29) is 17.9 Å². The van der Waals surface area contributed by atoms with Gasteiger partial charge in [0.15, 0.2) is 0 Å². The molecule has 4 heteroatoms.